The standard InChI is InChI=1S/C19H15ClFN5O2S2/c1-27-12-6-8-13(9-7-12)28-10-17-23-24-19(29-11-15-18(20)30-25-22-15)26(17)16-5-3-2-4-14(16)21/h2-9H,10-11H2,1H3. The molecule has 0 saturated carbocycles. The Morgan fingerprint density at radius 3 is 2.53 bits per heavy atom. The molecule has 7 nitrogen and oxygen atoms in total. The van der Waals surface area contributed by atoms with Crippen molar-refractivity contribution in [2.45, 2.75) is 17.5 Å². The van der Waals surface area contributed by atoms with E-state index in [1.165, 1.54) is 17.8 Å². The van der Waals surface area contributed by atoms with Gasteiger partial charge < -0.3 is 9.47 Å². The zero-order valence-electron chi connectivity index (χ0n) is 15.7. The smallest absolute Gasteiger partial charge is 0.196 e. The maximum atomic E-state index is 14.6. The molecule has 4 aromatic rings. The van der Waals surface area contributed by atoms with Crippen molar-refractivity contribution >= 4 is 34.9 Å². The van der Waals surface area contributed by atoms with Gasteiger partial charge >= 0.3 is 0 Å². The largest absolute Gasteiger partial charge is 0.497 e. The molecule has 0 atom stereocenters. The summed E-state index contributed by atoms with van der Waals surface area (Å²) in [7, 11) is 1.60. The second-order valence-electron chi connectivity index (χ2n) is 5.93. The molecular weight excluding hydrogens is 449 g/mol. The summed E-state index contributed by atoms with van der Waals surface area (Å²) >= 11 is 8.54. The molecule has 0 spiro atoms. The Hall–Kier alpha value is -2.69. The Bertz CT molecular complexity index is 1140. The molecule has 30 heavy (non-hydrogen) atoms. The van der Waals surface area contributed by atoms with Crippen molar-refractivity contribution in [3.8, 4) is 17.2 Å². The molecule has 0 aliphatic rings. The van der Waals surface area contributed by atoms with Gasteiger partial charge in [0.2, 0.25) is 0 Å². The Morgan fingerprint density at radius 1 is 1.07 bits per heavy atom. The van der Waals surface area contributed by atoms with E-state index in [4.69, 9.17) is 21.1 Å². The third kappa shape index (κ3) is 4.55. The van der Waals surface area contributed by atoms with Crippen LogP contribution in [0, 0.1) is 5.82 Å². The Morgan fingerprint density at radius 2 is 1.83 bits per heavy atom. The summed E-state index contributed by atoms with van der Waals surface area (Å²) < 4.78 is 31.5. The fraction of sp³-hybridized carbons (Fsp3) is 0.158. The van der Waals surface area contributed by atoms with Gasteiger partial charge in [-0.25, -0.2) is 4.39 Å². The minimum Gasteiger partial charge on any atom is -0.497 e. The molecule has 11 heteroatoms. The number of ether oxygens (including phenoxy) is 2. The fourth-order valence-electron chi connectivity index (χ4n) is 2.60. The highest BCUT2D eigenvalue weighted by Crippen LogP contribution is 2.29. The first-order valence-electron chi connectivity index (χ1n) is 8.71. The highest BCUT2D eigenvalue weighted by molar-refractivity contribution is 7.98. The van der Waals surface area contributed by atoms with Gasteiger partial charge in [-0.1, -0.05) is 40.0 Å². The van der Waals surface area contributed by atoms with Gasteiger partial charge in [-0.15, -0.1) is 15.3 Å². The maximum Gasteiger partial charge on any atom is 0.196 e. The predicted octanol–water partition coefficient (Wildman–Crippen LogP) is 4.79. The van der Waals surface area contributed by atoms with E-state index in [1.54, 1.807) is 54.1 Å². The molecule has 0 saturated heterocycles. The van der Waals surface area contributed by atoms with Crippen molar-refractivity contribution in [3.63, 3.8) is 0 Å². The van der Waals surface area contributed by atoms with E-state index in [2.05, 4.69) is 19.8 Å². The maximum absolute atomic E-state index is 14.6. The van der Waals surface area contributed by atoms with Crippen LogP contribution in [-0.4, -0.2) is 31.5 Å². The van der Waals surface area contributed by atoms with Gasteiger partial charge in [0.25, 0.3) is 0 Å². The van der Waals surface area contributed by atoms with E-state index >= 15 is 0 Å². The van der Waals surface area contributed by atoms with E-state index in [-0.39, 0.29) is 6.61 Å². The number of hydrogen-bond acceptors (Lipinski definition) is 8. The molecule has 154 valence electrons. The lowest BCUT2D eigenvalue weighted by atomic mass is 10.3. The summed E-state index contributed by atoms with van der Waals surface area (Å²) in [5.41, 5.74) is 0.978. The molecule has 0 N–H and O–H groups in total. The van der Waals surface area contributed by atoms with Crippen molar-refractivity contribution in [2.75, 3.05) is 7.11 Å². The molecule has 0 bridgehead atoms. The van der Waals surface area contributed by atoms with Gasteiger partial charge in [-0.05, 0) is 36.4 Å². The normalized spacial score (nSPS) is 10.9. The number of nitrogens with zero attached hydrogens (tertiary/aromatic N) is 5. The molecule has 2 aromatic heterocycles. The van der Waals surface area contributed by atoms with Crippen LogP contribution in [0.25, 0.3) is 5.69 Å². The zero-order valence-corrected chi connectivity index (χ0v) is 18.0. The van der Waals surface area contributed by atoms with Crippen LogP contribution in [0.2, 0.25) is 4.34 Å². The topological polar surface area (TPSA) is 75.0 Å². The van der Waals surface area contributed by atoms with Crippen LogP contribution in [-0.2, 0) is 12.4 Å². The van der Waals surface area contributed by atoms with Crippen LogP contribution in [0.3, 0.4) is 0 Å². The lowest BCUT2D eigenvalue weighted by molar-refractivity contribution is 0.292. The number of halogens is 2. The van der Waals surface area contributed by atoms with Gasteiger partial charge in [0.15, 0.2) is 11.0 Å². The van der Waals surface area contributed by atoms with E-state index < -0.39 is 5.82 Å². The second kappa shape index (κ2) is 9.41. The number of thioether (sulfide) groups is 1. The van der Waals surface area contributed by atoms with Crippen LogP contribution in [0.15, 0.2) is 53.7 Å². The molecular formula is C19H15ClFN5O2S2. The van der Waals surface area contributed by atoms with E-state index in [0.29, 0.717) is 38.2 Å². The summed E-state index contributed by atoms with van der Waals surface area (Å²) in [6.07, 6.45) is 0. The van der Waals surface area contributed by atoms with Crippen molar-refractivity contribution in [2.24, 2.45) is 0 Å². The first kappa shape index (κ1) is 20.6. The minimum absolute atomic E-state index is 0.104. The first-order valence-corrected chi connectivity index (χ1v) is 10.8. The van der Waals surface area contributed by atoms with E-state index in [9.17, 15) is 4.39 Å². The van der Waals surface area contributed by atoms with Crippen LogP contribution in [0.1, 0.15) is 11.5 Å². The number of hydrogen-bond donors (Lipinski definition) is 0. The monoisotopic (exact) mass is 463 g/mol. The Labute approximate surface area is 185 Å². The molecule has 2 heterocycles. The third-order valence-corrected chi connectivity index (χ3v) is 5.99. The number of para-hydroxylation sites is 1. The second-order valence-corrected chi connectivity index (χ2v) is 8.23. The summed E-state index contributed by atoms with van der Waals surface area (Å²) in [6.45, 7) is 0.104. The SMILES string of the molecule is COc1ccc(OCc2nnc(SCc3nnsc3Cl)n2-c2ccccc2F)cc1. The Kier molecular flexibility index (Phi) is 6.46. The van der Waals surface area contributed by atoms with Crippen LogP contribution in [0.5, 0.6) is 11.5 Å². The lowest BCUT2D eigenvalue weighted by Gasteiger charge is -2.12. The number of benzene rings is 2. The molecule has 0 amide bonds. The predicted molar refractivity (Wildman–Crippen MR) is 113 cm³/mol. The van der Waals surface area contributed by atoms with Gasteiger partial charge in [0.1, 0.15) is 34.0 Å². The van der Waals surface area contributed by atoms with Crippen LogP contribution < -0.4 is 9.47 Å². The molecule has 0 aliphatic carbocycles. The van der Waals surface area contributed by atoms with Crippen molar-refractivity contribution in [1.29, 1.82) is 0 Å². The number of methoxy groups -OCH3 is 1. The summed E-state index contributed by atoms with van der Waals surface area (Å²) in [6, 6.07) is 13.6. The molecule has 0 unspecified atom stereocenters. The zero-order chi connectivity index (χ0) is 20.9. The van der Waals surface area contributed by atoms with E-state index in [0.717, 1.165) is 17.3 Å². The van der Waals surface area contributed by atoms with Crippen molar-refractivity contribution < 1.29 is 13.9 Å². The van der Waals surface area contributed by atoms with Crippen LogP contribution in [0.4, 0.5) is 4.39 Å². The van der Waals surface area contributed by atoms with Gasteiger partial charge in [0, 0.05) is 17.3 Å². The molecule has 2 aromatic carbocycles. The number of rotatable bonds is 8. The first-order chi connectivity index (χ1) is 14.7. The molecule has 0 fully saturated rings. The summed E-state index contributed by atoms with van der Waals surface area (Å²) in [5.74, 6) is 1.86. The third-order valence-electron chi connectivity index (χ3n) is 4.07. The summed E-state index contributed by atoms with van der Waals surface area (Å²) in [4.78, 5) is 0. The Balaban J connectivity index is 1.60. The summed E-state index contributed by atoms with van der Waals surface area (Å²) in [5, 5.41) is 12.9. The van der Waals surface area contributed by atoms with Crippen molar-refractivity contribution in [1.82, 2.24) is 24.4 Å². The highest BCUT2D eigenvalue weighted by Gasteiger charge is 2.19. The van der Waals surface area contributed by atoms with Crippen LogP contribution >= 0.6 is 34.9 Å². The molecule has 0 aliphatic heterocycles. The van der Waals surface area contributed by atoms with Gasteiger partial charge in [-0.3, -0.25) is 4.57 Å². The van der Waals surface area contributed by atoms with Gasteiger partial charge in [-0.2, -0.15) is 0 Å². The van der Waals surface area contributed by atoms with Crippen molar-refractivity contribution in [3.05, 3.63) is 70.2 Å². The van der Waals surface area contributed by atoms with Gasteiger partial charge in [0.05, 0.1) is 12.8 Å². The average molecular weight is 464 g/mol. The average Bonchev–Trinajstić information content (AvgIpc) is 3.37. The minimum atomic E-state index is -0.391. The highest BCUT2D eigenvalue weighted by atomic mass is 35.5. The quantitative estimate of drug-likeness (QED) is 0.348. The van der Waals surface area contributed by atoms with E-state index in [1.807, 2.05) is 0 Å². The molecule has 0 radical (unpaired) electrons. The fourth-order valence-corrected chi connectivity index (χ4v) is 4.29. The molecule has 4 rings (SSSR count). The number of aromatic nitrogens is 5. The lowest BCUT2D eigenvalue weighted by Crippen LogP contribution is -2.08.